The highest BCUT2D eigenvalue weighted by Gasteiger charge is 2.22. The molecule has 1 aromatic heterocycles. The van der Waals surface area contributed by atoms with E-state index in [0.717, 1.165) is 24.0 Å². The summed E-state index contributed by atoms with van der Waals surface area (Å²) in [6.07, 6.45) is 1.63. The Morgan fingerprint density at radius 1 is 1.22 bits per heavy atom. The standard InChI is InChI=1S/C16H22N2O4S/c1-6-7-13-12(4)16(17-22-13)18-23(19,20)15-9-10(2)14(21-5)8-11(15)3/h8-9H,6-7H2,1-5H3,(H,17,18). The molecule has 0 aliphatic heterocycles. The highest BCUT2D eigenvalue weighted by Crippen LogP contribution is 2.28. The van der Waals surface area contributed by atoms with Crippen LogP contribution in [0, 0.1) is 20.8 Å². The van der Waals surface area contributed by atoms with Crippen LogP contribution in [0.25, 0.3) is 0 Å². The number of benzene rings is 1. The molecule has 0 aliphatic rings. The first-order valence-corrected chi connectivity index (χ1v) is 8.91. The molecule has 0 radical (unpaired) electrons. The average molecular weight is 338 g/mol. The van der Waals surface area contributed by atoms with Crippen LogP contribution in [0.1, 0.15) is 35.8 Å². The van der Waals surface area contributed by atoms with Crippen LogP contribution in [0.2, 0.25) is 0 Å². The van der Waals surface area contributed by atoms with Gasteiger partial charge in [0.1, 0.15) is 11.5 Å². The van der Waals surface area contributed by atoms with Crippen molar-refractivity contribution < 1.29 is 17.7 Å². The molecule has 0 saturated carbocycles. The Morgan fingerprint density at radius 2 is 1.91 bits per heavy atom. The highest BCUT2D eigenvalue weighted by molar-refractivity contribution is 7.92. The average Bonchev–Trinajstić information content (AvgIpc) is 2.82. The van der Waals surface area contributed by atoms with Crippen LogP contribution in [0.5, 0.6) is 5.75 Å². The van der Waals surface area contributed by atoms with E-state index < -0.39 is 10.0 Å². The van der Waals surface area contributed by atoms with Crippen molar-refractivity contribution in [1.82, 2.24) is 5.16 Å². The van der Waals surface area contributed by atoms with Crippen molar-refractivity contribution in [2.45, 2.75) is 45.4 Å². The van der Waals surface area contributed by atoms with Gasteiger partial charge in [0.2, 0.25) is 0 Å². The van der Waals surface area contributed by atoms with E-state index in [-0.39, 0.29) is 10.7 Å². The van der Waals surface area contributed by atoms with Gasteiger partial charge < -0.3 is 9.26 Å². The molecule has 7 heteroatoms. The molecule has 2 aromatic rings. The van der Waals surface area contributed by atoms with Crippen LogP contribution in [0.3, 0.4) is 0 Å². The minimum atomic E-state index is -3.74. The number of methoxy groups -OCH3 is 1. The van der Waals surface area contributed by atoms with Gasteiger partial charge in [0.15, 0.2) is 5.82 Å². The predicted molar refractivity (Wildman–Crippen MR) is 88.5 cm³/mol. The van der Waals surface area contributed by atoms with E-state index in [1.165, 1.54) is 0 Å². The Kier molecular flexibility index (Phi) is 4.99. The van der Waals surface area contributed by atoms with Crippen molar-refractivity contribution in [3.05, 3.63) is 34.6 Å². The number of hydrogen-bond donors (Lipinski definition) is 1. The smallest absolute Gasteiger partial charge is 0.263 e. The number of nitrogens with zero attached hydrogens (tertiary/aromatic N) is 1. The lowest BCUT2D eigenvalue weighted by atomic mass is 10.1. The van der Waals surface area contributed by atoms with Gasteiger partial charge in [-0.1, -0.05) is 12.1 Å². The van der Waals surface area contributed by atoms with Crippen molar-refractivity contribution in [2.75, 3.05) is 11.8 Å². The maximum atomic E-state index is 12.7. The summed E-state index contributed by atoms with van der Waals surface area (Å²) in [4.78, 5) is 0.204. The molecule has 0 fully saturated rings. The normalized spacial score (nSPS) is 11.5. The highest BCUT2D eigenvalue weighted by atomic mass is 32.2. The fraction of sp³-hybridized carbons (Fsp3) is 0.438. The van der Waals surface area contributed by atoms with E-state index in [0.29, 0.717) is 17.1 Å². The first-order valence-electron chi connectivity index (χ1n) is 7.43. The van der Waals surface area contributed by atoms with Gasteiger partial charge in [-0.2, -0.15) is 0 Å². The summed E-state index contributed by atoms with van der Waals surface area (Å²) < 4.78 is 38.3. The molecular formula is C16H22N2O4S. The van der Waals surface area contributed by atoms with E-state index in [2.05, 4.69) is 9.88 Å². The summed E-state index contributed by atoms with van der Waals surface area (Å²) in [5.74, 6) is 1.60. The summed E-state index contributed by atoms with van der Waals surface area (Å²) in [6, 6.07) is 3.31. The third kappa shape index (κ3) is 3.50. The number of aromatic nitrogens is 1. The molecule has 2 rings (SSSR count). The van der Waals surface area contributed by atoms with Crippen LogP contribution in [-0.2, 0) is 16.4 Å². The van der Waals surface area contributed by atoms with Gasteiger partial charge in [-0.25, -0.2) is 8.42 Å². The fourth-order valence-corrected chi connectivity index (χ4v) is 3.75. The van der Waals surface area contributed by atoms with Crippen LogP contribution < -0.4 is 9.46 Å². The molecule has 0 atom stereocenters. The van der Waals surface area contributed by atoms with Crippen LogP contribution in [-0.4, -0.2) is 20.7 Å². The van der Waals surface area contributed by atoms with Crippen LogP contribution in [0.4, 0.5) is 5.82 Å². The monoisotopic (exact) mass is 338 g/mol. The molecule has 0 amide bonds. The van der Waals surface area contributed by atoms with E-state index in [1.807, 2.05) is 6.92 Å². The third-order valence-corrected chi connectivity index (χ3v) is 5.19. The van der Waals surface area contributed by atoms with Gasteiger partial charge >= 0.3 is 0 Å². The lowest BCUT2D eigenvalue weighted by molar-refractivity contribution is 0.383. The van der Waals surface area contributed by atoms with E-state index in [9.17, 15) is 8.42 Å². The maximum Gasteiger partial charge on any atom is 0.263 e. The number of aryl methyl sites for hydroxylation is 3. The van der Waals surface area contributed by atoms with Crippen LogP contribution in [0.15, 0.2) is 21.6 Å². The summed E-state index contributed by atoms with van der Waals surface area (Å²) in [6.45, 7) is 7.35. The minimum absolute atomic E-state index is 0.204. The molecule has 0 saturated heterocycles. The number of anilines is 1. The van der Waals surface area contributed by atoms with Gasteiger partial charge in [-0.15, -0.1) is 0 Å². The third-order valence-electron chi connectivity index (χ3n) is 3.71. The molecule has 1 heterocycles. The zero-order valence-electron chi connectivity index (χ0n) is 14.1. The van der Waals surface area contributed by atoms with Crippen molar-refractivity contribution in [1.29, 1.82) is 0 Å². The topological polar surface area (TPSA) is 81.4 Å². The van der Waals surface area contributed by atoms with E-state index in [1.54, 1.807) is 40.0 Å². The molecule has 0 bridgehead atoms. The Balaban J connectivity index is 2.38. The number of sulfonamides is 1. The van der Waals surface area contributed by atoms with Gasteiger partial charge in [-0.3, -0.25) is 4.72 Å². The molecule has 126 valence electrons. The minimum Gasteiger partial charge on any atom is -0.496 e. The Hall–Kier alpha value is -2.02. The summed E-state index contributed by atoms with van der Waals surface area (Å²) in [7, 11) is -2.19. The molecular weight excluding hydrogens is 316 g/mol. The van der Waals surface area contributed by atoms with Crippen LogP contribution >= 0.6 is 0 Å². The maximum absolute atomic E-state index is 12.7. The Morgan fingerprint density at radius 3 is 2.52 bits per heavy atom. The number of ether oxygens (including phenoxy) is 1. The van der Waals surface area contributed by atoms with E-state index >= 15 is 0 Å². The predicted octanol–water partition coefficient (Wildman–Crippen LogP) is 3.36. The van der Waals surface area contributed by atoms with E-state index in [4.69, 9.17) is 9.26 Å². The second kappa shape index (κ2) is 6.62. The number of hydrogen-bond acceptors (Lipinski definition) is 5. The first-order chi connectivity index (χ1) is 10.8. The molecule has 0 aliphatic carbocycles. The summed E-state index contributed by atoms with van der Waals surface area (Å²) in [5, 5.41) is 3.84. The molecule has 1 aromatic carbocycles. The second-order valence-corrected chi connectivity index (χ2v) is 7.17. The van der Waals surface area contributed by atoms with Crippen molar-refractivity contribution in [3.8, 4) is 5.75 Å². The molecule has 23 heavy (non-hydrogen) atoms. The van der Waals surface area contributed by atoms with Crippen molar-refractivity contribution in [2.24, 2.45) is 0 Å². The summed E-state index contributed by atoms with van der Waals surface area (Å²) in [5.41, 5.74) is 2.08. The lowest BCUT2D eigenvalue weighted by Crippen LogP contribution is -2.15. The zero-order chi connectivity index (χ0) is 17.2. The summed E-state index contributed by atoms with van der Waals surface area (Å²) >= 11 is 0. The number of nitrogens with one attached hydrogen (secondary N) is 1. The molecule has 0 spiro atoms. The van der Waals surface area contributed by atoms with Crippen molar-refractivity contribution in [3.63, 3.8) is 0 Å². The second-order valence-electron chi connectivity index (χ2n) is 5.52. The SMILES string of the molecule is CCCc1onc(NS(=O)(=O)c2cc(C)c(OC)cc2C)c1C. The van der Waals surface area contributed by atoms with Gasteiger partial charge in [-0.05, 0) is 50.5 Å². The van der Waals surface area contributed by atoms with Gasteiger partial charge in [0, 0.05) is 12.0 Å². The van der Waals surface area contributed by atoms with Gasteiger partial charge in [0.25, 0.3) is 10.0 Å². The fourth-order valence-electron chi connectivity index (χ4n) is 2.38. The Labute approximate surface area is 136 Å². The van der Waals surface area contributed by atoms with Crippen molar-refractivity contribution >= 4 is 15.8 Å². The number of rotatable bonds is 6. The zero-order valence-corrected chi connectivity index (χ0v) is 14.9. The quantitative estimate of drug-likeness (QED) is 0.873. The first kappa shape index (κ1) is 17.3. The molecule has 0 unspecified atom stereocenters. The Bertz CT molecular complexity index is 810. The lowest BCUT2D eigenvalue weighted by Gasteiger charge is -2.12. The molecule has 6 nitrogen and oxygen atoms in total. The molecule has 1 N–H and O–H groups in total. The van der Waals surface area contributed by atoms with Gasteiger partial charge in [0.05, 0.1) is 12.0 Å². The largest absolute Gasteiger partial charge is 0.496 e.